The molecular formula is C14H18O4. The molecule has 0 aromatic heterocycles. The molecule has 18 heavy (non-hydrogen) atoms. The van der Waals surface area contributed by atoms with E-state index in [1.165, 1.54) is 0 Å². The Morgan fingerprint density at radius 2 is 2.22 bits per heavy atom. The van der Waals surface area contributed by atoms with Crippen LogP contribution in [0.4, 0.5) is 0 Å². The van der Waals surface area contributed by atoms with Crippen molar-refractivity contribution >= 4 is 5.78 Å². The first-order valence-corrected chi connectivity index (χ1v) is 6.13. The Hall–Kier alpha value is -1.39. The summed E-state index contributed by atoms with van der Waals surface area (Å²) in [5, 5.41) is 0. The highest BCUT2D eigenvalue weighted by Crippen LogP contribution is 2.26. The van der Waals surface area contributed by atoms with E-state index < -0.39 is 6.10 Å². The third-order valence-corrected chi connectivity index (χ3v) is 2.90. The molecule has 0 spiro atoms. The number of ether oxygens (including phenoxy) is 3. The Bertz CT molecular complexity index is 416. The molecule has 0 saturated heterocycles. The molecule has 4 nitrogen and oxygen atoms in total. The van der Waals surface area contributed by atoms with Gasteiger partial charge in [-0.1, -0.05) is 12.1 Å². The molecule has 0 bridgehead atoms. The Morgan fingerprint density at radius 1 is 1.39 bits per heavy atom. The van der Waals surface area contributed by atoms with Gasteiger partial charge in [0.15, 0.2) is 11.9 Å². The molecule has 1 aliphatic rings. The molecule has 2 unspecified atom stereocenters. The highest BCUT2D eigenvalue weighted by atomic mass is 16.5. The fourth-order valence-electron chi connectivity index (χ4n) is 2.00. The van der Waals surface area contributed by atoms with Crippen molar-refractivity contribution in [3.63, 3.8) is 0 Å². The van der Waals surface area contributed by atoms with Crippen LogP contribution in [-0.2, 0) is 20.9 Å². The summed E-state index contributed by atoms with van der Waals surface area (Å²) < 4.78 is 16.2. The zero-order valence-corrected chi connectivity index (χ0v) is 10.7. The van der Waals surface area contributed by atoms with Crippen LogP contribution in [0, 0.1) is 0 Å². The number of rotatable bonds is 6. The summed E-state index contributed by atoms with van der Waals surface area (Å²) in [4.78, 5) is 11.4. The van der Waals surface area contributed by atoms with Gasteiger partial charge in [0.2, 0.25) is 0 Å². The first-order chi connectivity index (χ1) is 8.74. The lowest BCUT2D eigenvalue weighted by molar-refractivity contribution is -0.154. The van der Waals surface area contributed by atoms with E-state index in [-0.39, 0.29) is 11.9 Å². The first kappa shape index (κ1) is 13.1. The molecule has 0 amide bonds. The van der Waals surface area contributed by atoms with Crippen molar-refractivity contribution in [3.8, 4) is 5.75 Å². The third-order valence-electron chi connectivity index (χ3n) is 2.90. The summed E-state index contributed by atoms with van der Waals surface area (Å²) >= 11 is 0. The second kappa shape index (κ2) is 5.98. The number of benzene rings is 1. The maximum Gasteiger partial charge on any atom is 0.169 e. The SMILES string of the molecule is CCOC1C(=O)CC1Oc1cccc(COC)c1. The largest absolute Gasteiger partial charge is 0.487 e. The van der Waals surface area contributed by atoms with Crippen molar-refractivity contribution in [2.45, 2.75) is 32.2 Å². The number of hydrogen-bond donors (Lipinski definition) is 0. The van der Waals surface area contributed by atoms with E-state index >= 15 is 0 Å². The minimum absolute atomic E-state index is 0.120. The van der Waals surface area contributed by atoms with E-state index in [1.54, 1.807) is 7.11 Å². The molecule has 2 rings (SSSR count). The van der Waals surface area contributed by atoms with Crippen molar-refractivity contribution in [1.29, 1.82) is 0 Å². The van der Waals surface area contributed by atoms with Crippen LogP contribution in [0.1, 0.15) is 18.9 Å². The fraction of sp³-hybridized carbons (Fsp3) is 0.500. The summed E-state index contributed by atoms with van der Waals surface area (Å²) in [7, 11) is 1.66. The summed E-state index contributed by atoms with van der Waals surface area (Å²) in [6.07, 6.45) is -0.129. The molecule has 4 heteroatoms. The first-order valence-electron chi connectivity index (χ1n) is 6.13. The molecule has 2 atom stereocenters. The van der Waals surface area contributed by atoms with E-state index in [4.69, 9.17) is 14.2 Å². The Balaban J connectivity index is 1.97. The average molecular weight is 250 g/mol. The molecule has 0 heterocycles. The van der Waals surface area contributed by atoms with E-state index in [2.05, 4.69) is 0 Å². The number of carbonyl (C=O) groups is 1. The van der Waals surface area contributed by atoms with Gasteiger partial charge in [-0.2, -0.15) is 0 Å². The Kier molecular flexibility index (Phi) is 4.33. The molecule has 0 N–H and O–H groups in total. The number of Topliss-reactive ketones (excluding diaryl/α,β-unsaturated/α-hetero) is 1. The topological polar surface area (TPSA) is 44.8 Å². The van der Waals surface area contributed by atoms with Gasteiger partial charge in [0.25, 0.3) is 0 Å². The van der Waals surface area contributed by atoms with Crippen LogP contribution in [0.15, 0.2) is 24.3 Å². The van der Waals surface area contributed by atoms with E-state index in [1.807, 2.05) is 31.2 Å². The molecule has 0 radical (unpaired) electrons. The van der Waals surface area contributed by atoms with Crippen molar-refractivity contribution in [2.75, 3.05) is 13.7 Å². The summed E-state index contributed by atoms with van der Waals surface area (Å²) in [5.41, 5.74) is 1.05. The van der Waals surface area contributed by atoms with Crippen molar-refractivity contribution in [3.05, 3.63) is 29.8 Å². The van der Waals surface area contributed by atoms with Crippen molar-refractivity contribution in [1.82, 2.24) is 0 Å². The molecule has 1 saturated carbocycles. The number of carbonyl (C=O) groups excluding carboxylic acids is 1. The van der Waals surface area contributed by atoms with E-state index in [0.29, 0.717) is 19.6 Å². The van der Waals surface area contributed by atoms with Crippen LogP contribution in [0.25, 0.3) is 0 Å². The molecule has 1 aliphatic carbocycles. The van der Waals surface area contributed by atoms with Gasteiger partial charge in [0.05, 0.1) is 6.61 Å². The van der Waals surface area contributed by atoms with E-state index in [0.717, 1.165) is 11.3 Å². The second-order valence-corrected chi connectivity index (χ2v) is 4.28. The lowest BCUT2D eigenvalue weighted by atomic mass is 9.90. The van der Waals surface area contributed by atoms with Crippen molar-refractivity contribution in [2.24, 2.45) is 0 Å². The minimum atomic E-state index is -0.402. The number of hydrogen-bond acceptors (Lipinski definition) is 4. The molecule has 0 aliphatic heterocycles. The van der Waals surface area contributed by atoms with Gasteiger partial charge < -0.3 is 14.2 Å². The minimum Gasteiger partial charge on any atom is -0.487 e. The van der Waals surface area contributed by atoms with Crippen LogP contribution in [0.3, 0.4) is 0 Å². The standard InChI is InChI=1S/C14H18O4/c1-3-17-14-12(15)8-13(14)18-11-6-4-5-10(7-11)9-16-2/h4-7,13-14H,3,8-9H2,1-2H3. The Morgan fingerprint density at radius 3 is 2.89 bits per heavy atom. The van der Waals surface area contributed by atoms with Gasteiger partial charge in [-0.25, -0.2) is 0 Å². The summed E-state index contributed by atoms with van der Waals surface area (Å²) in [5.74, 6) is 0.877. The summed E-state index contributed by atoms with van der Waals surface area (Å²) in [6.45, 7) is 2.96. The third kappa shape index (κ3) is 2.89. The molecule has 1 aromatic rings. The normalized spacial score (nSPS) is 22.7. The van der Waals surface area contributed by atoms with Crippen LogP contribution in [0.5, 0.6) is 5.75 Å². The van der Waals surface area contributed by atoms with Gasteiger partial charge in [-0.15, -0.1) is 0 Å². The predicted molar refractivity (Wildman–Crippen MR) is 66.6 cm³/mol. The van der Waals surface area contributed by atoms with Gasteiger partial charge in [-0.05, 0) is 24.6 Å². The lowest BCUT2D eigenvalue weighted by Gasteiger charge is -2.34. The average Bonchev–Trinajstić information content (AvgIpc) is 2.36. The number of ketones is 1. The second-order valence-electron chi connectivity index (χ2n) is 4.28. The Labute approximate surface area is 107 Å². The van der Waals surface area contributed by atoms with Crippen LogP contribution in [0.2, 0.25) is 0 Å². The zero-order valence-electron chi connectivity index (χ0n) is 10.7. The fourth-order valence-corrected chi connectivity index (χ4v) is 2.00. The molecular weight excluding hydrogens is 232 g/mol. The van der Waals surface area contributed by atoms with Crippen LogP contribution < -0.4 is 4.74 Å². The van der Waals surface area contributed by atoms with Crippen LogP contribution in [-0.4, -0.2) is 31.7 Å². The monoisotopic (exact) mass is 250 g/mol. The summed E-state index contributed by atoms with van der Waals surface area (Å²) in [6, 6.07) is 7.70. The van der Waals surface area contributed by atoms with Gasteiger partial charge in [0, 0.05) is 20.1 Å². The molecule has 1 aromatic carbocycles. The van der Waals surface area contributed by atoms with Gasteiger partial charge >= 0.3 is 0 Å². The van der Waals surface area contributed by atoms with Crippen LogP contribution >= 0.6 is 0 Å². The zero-order chi connectivity index (χ0) is 13.0. The molecule has 1 fully saturated rings. The quantitative estimate of drug-likeness (QED) is 0.774. The maximum absolute atomic E-state index is 11.4. The predicted octanol–water partition coefficient (Wildman–Crippen LogP) is 1.96. The smallest absolute Gasteiger partial charge is 0.169 e. The molecule has 98 valence electrons. The number of methoxy groups -OCH3 is 1. The highest BCUT2D eigenvalue weighted by molar-refractivity contribution is 5.90. The lowest BCUT2D eigenvalue weighted by Crippen LogP contribution is -2.52. The van der Waals surface area contributed by atoms with Gasteiger partial charge in [0.1, 0.15) is 11.9 Å². The van der Waals surface area contributed by atoms with Crippen molar-refractivity contribution < 1.29 is 19.0 Å². The highest BCUT2D eigenvalue weighted by Gasteiger charge is 2.42. The van der Waals surface area contributed by atoms with E-state index in [9.17, 15) is 4.79 Å². The maximum atomic E-state index is 11.4. The van der Waals surface area contributed by atoms with Gasteiger partial charge in [-0.3, -0.25) is 4.79 Å².